The molecular formula is C21H18N2O5. The second-order valence-electron chi connectivity index (χ2n) is 6.63. The zero-order chi connectivity index (χ0) is 19.8. The van der Waals surface area contributed by atoms with Crippen LogP contribution in [0.3, 0.4) is 0 Å². The number of amides is 1. The monoisotopic (exact) mass is 378 g/mol. The average Bonchev–Trinajstić information content (AvgIpc) is 3.02. The summed E-state index contributed by atoms with van der Waals surface area (Å²) in [5, 5.41) is 3.45. The molecule has 142 valence electrons. The van der Waals surface area contributed by atoms with E-state index in [1.54, 1.807) is 13.0 Å². The zero-order valence-electron chi connectivity index (χ0n) is 15.4. The van der Waals surface area contributed by atoms with Gasteiger partial charge in [-0.1, -0.05) is 18.2 Å². The van der Waals surface area contributed by atoms with Gasteiger partial charge in [0.1, 0.15) is 5.75 Å². The maximum absolute atomic E-state index is 12.9. The van der Waals surface area contributed by atoms with Crippen molar-refractivity contribution >= 4 is 34.3 Å². The van der Waals surface area contributed by atoms with Crippen molar-refractivity contribution in [3.8, 4) is 5.75 Å². The predicted octanol–water partition coefficient (Wildman–Crippen LogP) is 3.24. The quantitative estimate of drug-likeness (QED) is 0.537. The lowest BCUT2D eigenvalue weighted by Crippen LogP contribution is -2.26. The maximum atomic E-state index is 12.9. The highest BCUT2D eigenvalue weighted by atomic mass is 16.5. The third-order valence-corrected chi connectivity index (χ3v) is 4.64. The van der Waals surface area contributed by atoms with Crippen LogP contribution in [0.25, 0.3) is 10.9 Å². The first-order valence-electron chi connectivity index (χ1n) is 8.83. The number of H-pyrrole nitrogens is 1. The van der Waals surface area contributed by atoms with E-state index in [4.69, 9.17) is 9.47 Å². The zero-order valence-corrected chi connectivity index (χ0v) is 15.4. The topological polar surface area (TPSA) is 97.5 Å². The largest absolute Gasteiger partial charge is 0.482 e. The molecule has 28 heavy (non-hydrogen) atoms. The number of carbonyl (C=O) groups excluding carboxylic acids is 3. The molecule has 1 aliphatic rings. The van der Waals surface area contributed by atoms with Gasteiger partial charge in [0.05, 0.1) is 11.3 Å². The lowest BCUT2D eigenvalue weighted by molar-refractivity contribution is -0.118. The van der Waals surface area contributed by atoms with Crippen LogP contribution in [0, 0.1) is 6.92 Å². The van der Waals surface area contributed by atoms with Crippen molar-refractivity contribution < 1.29 is 23.9 Å². The predicted molar refractivity (Wildman–Crippen MR) is 103 cm³/mol. The molecule has 1 aliphatic heterocycles. The number of nitrogens with one attached hydrogen (secondary N) is 2. The smallest absolute Gasteiger partial charge is 0.338 e. The van der Waals surface area contributed by atoms with Crippen molar-refractivity contribution in [3.63, 3.8) is 0 Å². The fourth-order valence-electron chi connectivity index (χ4n) is 3.28. The molecule has 0 bridgehead atoms. The van der Waals surface area contributed by atoms with Crippen LogP contribution in [0.15, 0.2) is 42.5 Å². The van der Waals surface area contributed by atoms with Gasteiger partial charge in [-0.15, -0.1) is 0 Å². The number of carbonyl (C=O) groups is 3. The van der Waals surface area contributed by atoms with E-state index in [1.165, 1.54) is 12.1 Å². The van der Waals surface area contributed by atoms with E-state index in [0.29, 0.717) is 17.0 Å². The summed E-state index contributed by atoms with van der Waals surface area (Å²) in [5.41, 5.74) is 2.84. The molecule has 2 N–H and O–H groups in total. The van der Waals surface area contributed by atoms with E-state index >= 15 is 0 Å². The number of esters is 1. The minimum atomic E-state index is -0.956. The van der Waals surface area contributed by atoms with Gasteiger partial charge in [-0.25, -0.2) is 4.79 Å². The summed E-state index contributed by atoms with van der Waals surface area (Å²) < 4.78 is 10.7. The summed E-state index contributed by atoms with van der Waals surface area (Å²) in [7, 11) is 0. The van der Waals surface area contributed by atoms with E-state index in [1.807, 2.05) is 31.2 Å². The first-order valence-corrected chi connectivity index (χ1v) is 8.83. The summed E-state index contributed by atoms with van der Waals surface area (Å²) in [4.78, 5) is 39.9. The number of benzene rings is 2. The van der Waals surface area contributed by atoms with E-state index in [-0.39, 0.29) is 23.9 Å². The van der Waals surface area contributed by atoms with Crippen LogP contribution in [0.2, 0.25) is 0 Å². The van der Waals surface area contributed by atoms with Crippen LogP contribution in [0.1, 0.15) is 33.3 Å². The van der Waals surface area contributed by atoms with Crippen LogP contribution >= 0.6 is 0 Å². The minimum Gasteiger partial charge on any atom is -0.482 e. The lowest BCUT2D eigenvalue weighted by atomic mass is 10.0. The summed E-state index contributed by atoms with van der Waals surface area (Å²) in [6, 6.07) is 12.1. The molecule has 2 aromatic carbocycles. The van der Waals surface area contributed by atoms with Gasteiger partial charge in [-0.2, -0.15) is 0 Å². The number of fused-ring (bicyclic) bond motifs is 2. The normalized spacial score (nSPS) is 14.0. The fourth-order valence-corrected chi connectivity index (χ4v) is 3.28. The standard InChI is InChI=1S/C21H18N2O5/c1-11-19(14-5-3-4-6-15(14)22-11)20(25)12(2)28-21(26)13-7-8-16-17(9-13)27-10-18(24)23-16/h3-9,12,22H,10H2,1-2H3,(H,23,24). The van der Waals surface area contributed by atoms with Crippen LogP contribution in [0.5, 0.6) is 5.75 Å². The van der Waals surface area contributed by atoms with Crippen LogP contribution < -0.4 is 10.1 Å². The molecule has 3 aromatic rings. The van der Waals surface area contributed by atoms with Crippen molar-refractivity contribution in [3.05, 3.63) is 59.3 Å². The summed E-state index contributed by atoms with van der Waals surface area (Å²) in [6.45, 7) is 3.26. The Labute approximate surface area is 160 Å². The van der Waals surface area contributed by atoms with E-state index in [2.05, 4.69) is 10.3 Å². The minimum absolute atomic E-state index is 0.111. The van der Waals surface area contributed by atoms with Gasteiger partial charge in [0.25, 0.3) is 5.91 Å². The van der Waals surface area contributed by atoms with Gasteiger partial charge in [-0.3, -0.25) is 9.59 Å². The Kier molecular flexibility index (Phi) is 4.35. The lowest BCUT2D eigenvalue weighted by Gasteiger charge is -2.18. The Morgan fingerprint density at radius 1 is 1.18 bits per heavy atom. The van der Waals surface area contributed by atoms with Gasteiger partial charge < -0.3 is 19.8 Å². The molecule has 7 nitrogen and oxygen atoms in total. The molecule has 0 fully saturated rings. The van der Waals surface area contributed by atoms with Crippen molar-refractivity contribution in [2.45, 2.75) is 20.0 Å². The fraction of sp³-hybridized carbons (Fsp3) is 0.190. The molecule has 7 heteroatoms. The summed E-state index contributed by atoms with van der Waals surface area (Å²) >= 11 is 0. The number of ketones is 1. The Hall–Kier alpha value is -3.61. The van der Waals surface area contributed by atoms with Gasteiger partial charge in [0, 0.05) is 22.2 Å². The number of anilines is 1. The third-order valence-electron chi connectivity index (χ3n) is 4.64. The number of aryl methyl sites for hydroxylation is 1. The highest BCUT2D eigenvalue weighted by molar-refractivity contribution is 6.11. The molecule has 0 saturated heterocycles. The first-order chi connectivity index (χ1) is 13.4. The Balaban J connectivity index is 1.54. The number of ether oxygens (including phenoxy) is 2. The number of aromatic nitrogens is 1. The van der Waals surface area contributed by atoms with Crippen molar-refractivity contribution in [2.24, 2.45) is 0 Å². The highest BCUT2D eigenvalue weighted by Crippen LogP contribution is 2.29. The summed E-state index contributed by atoms with van der Waals surface area (Å²) in [6.07, 6.45) is -0.956. The molecular weight excluding hydrogens is 360 g/mol. The number of para-hydroxylation sites is 1. The number of rotatable bonds is 4. The summed E-state index contributed by atoms with van der Waals surface area (Å²) in [5.74, 6) is -0.775. The molecule has 4 rings (SSSR count). The molecule has 0 radical (unpaired) electrons. The molecule has 1 atom stereocenters. The van der Waals surface area contributed by atoms with Crippen molar-refractivity contribution in [1.29, 1.82) is 0 Å². The van der Waals surface area contributed by atoms with Gasteiger partial charge in [-0.05, 0) is 38.1 Å². The van der Waals surface area contributed by atoms with Crippen molar-refractivity contribution in [1.82, 2.24) is 4.98 Å². The van der Waals surface area contributed by atoms with Crippen molar-refractivity contribution in [2.75, 3.05) is 11.9 Å². The SMILES string of the molecule is Cc1[nH]c2ccccc2c1C(=O)C(C)OC(=O)c1ccc2c(c1)OCC(=O)N2. The third kappa shape index (κ3) is 3.11. The Morgan fingerprint density at radius 2 is 1.96 bits per heavy atom. The molecule has 1 unspecified atom stereocenters. The molecule has 0 saturated carbocycles. The van der Waals surface area contributed by atoms with Gasteiger partial charge >= 0.3 is 5.97 Å². The van der Waals surface area contributed by atoms with Crippen LogP contribution in [-0.4, -0.2) is 35.4 Å². The first kappa shape index (κ1) is 17.8. The van der Waals surface area contributed by atoms with Gasteiger partial charge in [0.2, 0.25) is 5.78 Å². The number of Topliss-reactive ketones (excluding diaryl/α,β-unsaturated/α-hetero) is 1. The Bertz CT molecular complexity index is 1120. The number of hydrogen-bond acceptors (Lipinski definition) is 5. The molecule has 2 heterocycles. The van der Waals surface area contributed by atoms with Crippen LogP contribution in [-0.2, 0) is 9.53 Å². The highest BCUT2D eigenvalue weighted by Gasteiger charge is 2.26. The van der Waals surface area contributed by atoms with E-state index in [9.17, 15) is 14.4 Å². The second kappa shape index (κ2) is 6.84. The van der Waals surface area contributed by atoms with E-state index in [0.717, 1.165) is 16.6 Å². The number of aromatic amines is 1. The molecule has 0 aliphatic carbocycles. The maximum Gasteiger partial charge on any atom is 0.338 e. The Morgan fingerprint density at radius 3 is 2.79 bits per heavy atom. The van der Waals surface area contributed by atoms with Gasteiger partial charge in [0.15, 0.2) is 12.7 Å². The molecule has 1 amide bonds. The molecule has 0 spiro atoms. The average molecular weight is 378 g/mol. The van der Waals surface area contributed by atoms with Crippen LogP contribution in [0.4, 0.5) is 5.69 Å². The van der Waals surface area contributed by atoms with E-state index < -0.39 is 12.1 Å². The number of hydrogen-bond donors (Lipinski definition) is 2. The second-order valence-corrected chi connectivity index (χ2v) is 6.63. The molecule has 1 aromatic heterocycles.